The summed E-state index contributed by atoms with van der Waals surface area (Å²) in [5, 5.41) is 0. The van der Waals surface area contributed by atoms with Gasteiger partial charge in [-0.2, -0.15) is 0 Å². The number of hydrogen-bond donors (Lipinski definition) is 0. The molecule has 0 aromatic heterocycles. The highest BCUT2D eigenvalue weighted by molar-refractivity contribution is 5.94. The van der Waals surface area contributed by atoms with Gasteiger partial charge in [0.1, 0.15) is 0 Å². The zero-order chi connectivity index (χ0) is 11.8. The molecule has 1 aliphatic heterocycles. The molecule has 1 aliphatic rings. The fourth-order valence-electron chi connectivity index (χ4n) is 2.61. The minimum atomic E-state index is 0.165. The van der Waals surface area contributed by atoms with Crippen LogP contribution in [-0.2, 0) is 0 Å². The number of rotatable bonds is 1. The van der Waals surface area contributed by atoms with E-state index < -0.39 is 0 Å². The smallest absolute Gasteiger partial charge is 0.254 e. The molecule has 0 radical (unpaired) electrons. The van der Waals surface area contributed by atoms with Crippen molar-refractivity contribution < 1.29 is 4.79 Å². The van der Waals surface area contributed by atoms with Gasteiger partial charge >= 0.3 is 0 Å². The van der Waals surface area contributed by atoms with Crippen LogP contribution in [-0.4, -0.2) is 23.4 Å². The maximum Gasteiger partial charge on any atom is 0.254 e. The maximum atomic E-state index is 12.3. The van der Waals surface area contributed by atoms with E-state index in [4.69, 9.17) is 0 Å². The van der Waals surface area contributed by atoms with Gasteiger partial charge in [0.05, 0.1) is 0 Å². The summed E-state index contributed by atoms with van der Waals surface area (Å²) in [6.07, 6.45) is 1.09. The van der Waals surface area contributed by atoms with Gasteiger partial charge in [-0.1, -0.05) is 32.0 Å². The van der Waals surface area contributed by atoms with Crippen LogP contribution in [0.1, 0.15) is 37.6 Å². The van der Waals surface area contributed by atoms with Crippen LogP contribution in [0.2, 0.25) is 0 Å². The van der Waals surface area contributed by atoms with E-state index in [1.54, 1.807) is 0 Å². The Morgan fingerprint density at radius 2 is 1.94 bits per heavy atom. The third kappa shape index (κ3) is 2.11. The van der Waals surface area contributed by atoms with Gasteiger partial charge in [0, 0.05) is 18.2 Å². The molecular weight excluding hydrogens is 198 g/mol. The molecule has 0 spiro atoms. The largest absolute Gasteiger partial charge is 0.335 e. The molecule has 0 aliphatic carbocycles. The molecule has 1 saturated heterocycles. The summed E-state index contributed by atoms with van der Waals surface area (Å²) in [5.74, 6) is 0.165. The highest BCUT2D eigenvalue weighted by Crippen LogP contribution is 2.34. The van der Waals surface area contributed by atoms with Crippen LogP contribution in [0, 0.1) is 5.41 Å². The quantitative estimate of drug-likeness (QED) is 0.708. The first-order chi connectivity index (χ1) is 7.49. The monoisotopic (exact) mass is 217 g/mol. The van der Waals surface area contributed by atoms with Gasteiger partial charge in [0.2, 0.25) is 0 Å². The third-order valence-electron chi connectivity index (χ3n) is 3.26. The van der Waals surface area contributed by atoms with E-state index in [-0.39, 0.29) is 11.3 Å². The minimum Gasteiger partial charge on any atom is -0.335 e. The van der Waals surface area contributed by atoms with E-state index in [0.717, 1.165) is 18.5 Å². The molecule has 1 unspecified atom stereocenters. The van der Waals surface area contributed by atoms with Crippen molar-refractivity contribution in [3.8, 4) is 0 Å². The maximum absolute atomic E-state index is 12.3. The first-order valence-corrected chi connectivity index (χ1v) is 5.86. The molecule has 0 saturated carbocycles. The summed E-state index contributed by atoms with van der Waals surface area (Å²) >= 11 is 0. The Bertz CT molecular complexity index is 383. The molecule has 1 aromatic rings. The van der Waals surface area contributed by atoms with Crippen molar-refractivity contribution in [1.29, 1.82) is 0 Å². The second kappa shape index (κ2) is 3.93. The first kappa shape index (κ1) is 11.2. The molecule has 0 N–H and O–H groups in total. The van der Waals surface area contributed by atoms with E-state index in [0.29, 0.717) is 6.04 Å². The second-order valence-corrected chi connectivity index (χ2v) is 5.52. The van der Waals surface area contributed by atoms with E-state index in [2.05, 4.69) is 20.8 Å². The van der Waals surface area contributed by atoms with Crippen LogP contribution in [0.5, 0.6) is 0 Å². The van der Waals surface area contributed by atoms with Crippen molar-refractivity contribution >= 4 is 5.91 Å². The molecule has 1 aromatic carbocycles. The molecule has 1 fully saturated rings. The number of amides is 1. The van der Waals surface area contributed by atoms with E-state index in [1.807, 2.05) is 35.2 Å². The molecule has 16 heavy (non-hydrogen) atoms. The third-order valence-corrected chi connectivity index (χ3v) is 3.26. The molecule has 0 bridgehead atoms. The SMILES string of the molecule is CC1CC(C)(C)CN1C(=O)c1ccccc1. The lowest BCUT2D eigenvalue weighted by Gasteiger charge is -2.22. The Morgan fingerprint density at radius 3 is 2.44 bits per heavy atom. The van der Waals surface area contributed by atoms with Gasteiger partial charge in [-0.15, -0.1) is 0 Å². The van der Waals surface area contributed by atoms with Crippen molar-refractivity contribution in [3.63, 3.8) is 0 Å². The van der Waals surface area contributed by atoms with Crippen molar-refractivity contribution in [2.45, 2.75) is 33.2 Å². The summed E-state index contributed by atoms with van der Waals surface area (Å²) in [5.41, 5.74) is 1.05. The zero-order valence-electron chi connectivity index (χ0n) is 10.2. The van der Waals surface area contributed by atoms with E-state index in [9.17, 15) is 4.79 Å². The number of carbonyl (C=O) groups is 1. The Labute approximate surface area is 97.3 Å². The van der Waals surface area contributed by atoms with Gasteiger partial charge in [-0.05, 0) is 30.9 Å². The van der Waals surface area contributed by atoms with Gasteiger partial charge in [-0.25, -0.2) is 0 Å². The predicted octanol–water partition coefficient (Wildman–Crippen LogP) is 2.95. The van der Waals surface area contributed by atoms with Crippen LogP contribution in [0.4, 0.5) is 0 Å². The summed E-state index contributed by atoms with van der Waals surface area (Å²) < 4.78 is 0. The number of likely N-dealkylation sites (tertiary alicyclic amines) is 1. The Hall–Kier alpha value is -1.31. The first-order valence-electron chi connectivity index (χ1n) is 5.86. The molecule has 2 rings (SSSR count). The summed E-state index contributed by atoms with van der Waals surface area (Å²) in [7, 11) is 0. The Balaban J connectivity index is 2.18. The van der Waals surface area contributed by atoms with Crippen molar-refractivity contribution in [2.75, 3.05) is 6.54 Å². The van der Waals surface area contributed by atoms with Crippen molar-refractivity contribution in [3.05, 3.63) is 35.9 Å². The van der Waals surface area contributed by atoms with E-state index >= 15 is 0 Å². The fraction of sp³-hybridized carbons (Fsp3) is 0.500. The highest BCUT2D eigenvalue weighted by atomic mass is 16.2. The molecular formula is C14H19NO. The van der Waals surface area contributed by atoms with Crippen LogP contribution in [0.25, 0.3) is 0 Å². The topological polar surface area (TPSA) is 20.3 Å². The van der Waals surface area contributed by atoms with Gasteiger partial charge in [0.25, 0.3) is 5.91 Å². The molecule has 1 amide bonds. The average molecular weight is 217 g/mol. The Morgan fingerprint density at radius 1 is 1.31 bits per heavy atom. The molecule has 1 heterocycles. The van der Waals surface area contributed by atoms with Gasteiger partial charge in [-0.3, -0.25) is 4.79 Å². The number of benzene rings is 1. The number of carbonyl (C=O) groups excluding carboxylic acids is 1. The lowest BCUT2D eigenvalue weighted by atomic mass is 9.91. The minimum absolute atomic E-state index is 0.165. The number of nitrogens with zero attached hydrogens (tertiary/aromatic N) is 1. The normalized spacial score (nSPS) is 23.4. The van der Waals surface area contributed by atoms with Crippen LogP contribution < -0.4 is 0 Å². The van der Waals surface area contributed by atoms with Crippen molar-refractivity contribution in [2.24, 2.45) is 5.41 Å². The lowest BCUT2D eigenvalue weighted by Crippen LogP contribution is -2.34. The standard InChI is InChI=1S/C14H19NO/c1-11-9-14(2,3)10-15(11)13(16)12-7-5-4-6-8-12/h4-8,11H,9-10H2,1-3H3. The van der Waals surface area contributed by atoms with Crippen LogP contribution >= 0.6 is 0 Å². The van der Waals surface area contributed by atoms with Gasteiger partial charge in [0.15, 0.2) is 0 Å². The second-order valence-electron chi connectivity index (χ2n) is 5.52. The van der Waals surface area contributed by atoms with E-state index in [1.165, 1.54) is 0 Å². The summed E-state index contributed by atoms with van der Waals surface area (Å²) in [4.78, 5) is 14.3. The summed E-state index contributed by atoms with van der Waals surface area (Å²) in [6, 6.07) is 9.90. The molecule has 86 valence electrons. The van der Waals surface area contributed by atoms with Crippen LogP contribution in [0.15, 0.2) is 30.3 Å². The van der Waals surface area contributed by atoms with Crippen LogP contribution in [0.3, 0.4) is 0 Å². The fourth-order valence-corrected chi connectivity index (χ4v) is 2.61. The Kier molecular flexibility index (Phi) is 2.75. The predicted molar refractivity (Wildman–Crippen MR) is 65.3 cm³/mol. The molecule has 2 nitrogen and oxygen atoms in total. The molecule has 1 atom stereocenters. The number of hydrogen-bond acceptors (Lipinski definition) is 1. The highest BCUT2D eigenvalue weighted by Gasteiger charge is 2.37. The van der Waals surface area contributed by atoms with Gasteiger partial charge < -0.3 is 4.90 Å². The summed E-state index contributed by atoms with van der Waals surface area (Å²) in [6.45, 7) is 7.45. The van der Waals surface area contributed by atoms with Crippen molar-refractivity contribution in [1.82, 2.24) is 4.90 Å². The zero-order valence-corrected chi connectivity index (χ0v) is 10.2. The molecule has 2 heteroatoms. The lowest BCUT2D eigenvalue weighted by molar-refractivity contribution is 0.0736. The average Bonchev–Trinajstić information content (AvgIpc) is 2.52.